The maximum absolute atomic E-state index is 5.79. The maximum atomic E-state index is 5.79. The second-order valence-corrected chi connectivity index (χ2v) is 6.83. The highest BCUT2D eigenvalue weighted by molar-refractivity contribution is 5.79. The van der Waals surface area contributed by atoms with Crippen LogP contribution in [0.3, 0.4) is 0 Å². The van der Waals surface area contributed by atoms with Gasteiger partial charge < -0.3 is 24.8 Å². The van der Waals surface area contributed by atoms with Gasteiger partial charge in [0.1, 0.15) is 5.75 Å². The molecular formula is C21H35N3O3. The number of ether oxygens (including phenoxy) is 3. The van der Waals surface area contributed by atoms with Gasteiger partial charge in [0, 0.05) is 46.6 Å². The molecule has 0 saturated carbocycles. The minimum absolute atomic E-state index is 0.665. The molecule has 2 N–H and O–H groups in total. The van der Waals surface area contributed by atoms with Gasteiger partial charge in [-0.3, -0.25) is 4.99 Å². The zero-order chi connectivity index (χ0) is 19.2. The van der Waals surface area contributed by atoms with Crippen molar-refractivity contribution in [1.29, 1.82) is 0 Å². The lowest BCUT2D eigenvalue weighted by Gasteiger charge is -2.21. The van der Waals surface area contributed by atoms with Gasteiger partial charge in [-0.1, -0.05) is 19.1 Å². The van der Waals surface area contributed by atoms with Crippen LogP contribution in [0.1, 0.15) is 38.2 Å². The van der Waals surface area contributed by atoms with Crippen LogP contribution in [0.5, 0.6) is 5.75 Å². The van der Waals surface area contributed by atoms with Gasteiger partial charge in [-0.25, -0.2) is 0 Å². The number of guanidine groups is 1. The third-order valence-corrected chi connectivity index (χ3v) is 4.51. The summed E-state index contributed by atoms with van der Waals surface area (Å²) in [5.74, 6) is 2.39. The number of hydrogen-bond acceptors (Lipinski definition) is 4. The van der Waals surface area contributed by atoms with Crippen LogP contribution in [-0.2, 0) is 16.0 Å². The van der Waals surface area contributed by atoms with Gasteiger partial charge in [0.2, 0.25) is 0 Å². The molecule has 0 radical (unpaired) electrons. The largest absolute Gasteiger partial charge is 0.494 e. The number of rotatable bonds is 11. The second-order valence-electron chi connectivity index (χ2n) is 6.83. The minimum Gasteiger partial charge on any atom is -0.494 e. The lowest BCUT2D eigenvalue weighted by Crippen LogP contribution is -2.37. The first-order chi connectivity index (χ1) is 13.3. The highest BCUT2D eigenvalue weighted by Crippen LogP contribution is 2.15. The predicted octanol–water partition coefficient (Wildman–Crippen LogP) is 2.97. The van der Waals surface area contributed by atoms with E-state index >= 15 is 0 Å². The summed E-state index contributed by atoms with van der Waals surface area (Å²) in [6.07, 6.45) is 4.22. The van der Waals surface area contributed by atoms with Gasteiger partial charge >= 0.3 is 0 Å². The highest BCUT2D eigenvalue weighted by atomic mass is 16.5. The molecule has 0 amide bonds. The average Bonchev–Trinajstić information content (AvgIpc) is 2.72. The van der Waals surface area contributed by atoms with Crippen molar-refractivity contribution >= 4 is 5.96 Å². The summed E-state index contributed by atoms with van der Waals surface area (Å²) >= 11 is 0. The quantitative estimate of drug-likeness (QED) is 0.353. The average molecular weight is 378 g/mol. The van der Waals surface area contributed by atoms with E-state index in [0.717, 1.165) is 77.0 Å². The molecule has 6 nitrogen and oxygen atoms in total. The van der Waals surface area contributed by atoms with E-state index in [-0.39, 0.29) is 0 Å². The van der Waals surface area contributed by atoms with Crippen LogP contribution in [0.4, 0.5) is 0 Å². The molecule has 6 heteroatoms. The van der Waals surface area contributed by atoms with E-state index in [1.165, 1.54) is 5.56 Å². The molecule has 0 aromatic heterocycles. The fourth-order valence-corrected chi connectivity index (χ4v) is 2.92. The molecule has 152 valence electrons. The third-order valence-electron chi connectivity index (χ3n) is 4.51. The molecule has 0 aliphatic carbocycles. The molecule has 1 aromatic carbocycles. The van der Waals surface area contributed by atoms with Gasteiger partial charge in [-0.2, -0.15) is 0 Å². The normalized spacial score (nSPS) is 15.6. The van der Waals surface area contributed by atoms with E-state index in [1.807, 2.05) is 12.1 Å². The highest BCUT2D eigenvalue weighted by Gasteiger charge is 2.13. The summed E-state index contributed by atoms with van der Waals surface area (Å²) < 4.78 is 16.8. The van der Waals surface area contributed by atoms with Crippen molar-refractivity contribution in [2.45, 2.75) is 39.2 Å². The Bertz CT molecular complexity index is 545. The maximum Gasteiger partial charge on any atom is 0.191 e. The van der Waals surface area contributed by atoms with Crippen molar-refractivity contribution in [2.24, 2.45) is 10.9 Å². The van der Waals surface area contributed by atoms with Gasteiger partial charge in [-0.15, -0.1) is 0 Å². The van der Waals surface area contributed by atoms with Crippen molar-refractivity contribution in [3.05, 3.63) is 29.8 Å². The molecule has 1 aliphatic heterocycles. The Morgan fingerprint density at radius 2 is 2.07 bits per heavy atom. The van der Waals surface area contributed by atoms with Crippen LogP contribution in [-0.4, -0.2) is 52.6 Å². The number of hydrogen-bond donors (Lipinski definition) is 2. The van der Waals surface area contributed by atoms with Crippen LogP contribution in [0.15, 0.2) is 29.3 Å². The van der Waals surface area contributed by atoms with Crippen LogP contribution in [0.2, 0.25) is 0 Å². The van der Waals surface area contributed by atoms with Crippen molar-refractivity contribution < 1.29 is 14.2 Å². The predicted molar refractivity (Wildman–Crippen MR) is 109 cm³/mol. The fourth-order valence-electron chi connectivity index (χ4n) is 2.92. The first-order valence-corrected chi connectivity index (χ1v) is 10.1. The standard InChI is InChI=1S/C21H35N3O3/c1-3-11-27-20-7-4-6-19(15-20)16-24-21(22-2)23-10-5-12-26-17-18-8-13-25-14-9-18/h4,6-7,15,18H,3,5,8-14,16-17H2,1-2H3,(H2,22,23,24). The van der Waals surface area contributed by atoms with E-state index in [2.05, 4.69) is 34.7 Å². The number of nitrogens with zero attached hydrogens (tertiary/aromatic N) is 1. The Kier molecular flexibility index (Phi) is 10.7. The van der Waals surface area contributed by atoms with Crippen LogP contribution >= 0.6 is 0 Å². The van der Waals surface area contributed by atoms with Gasteiger partial charge in [-0.05, 0) is 49.3 Å². The van der Waals surface area contributed by atoms with Gasteiger partial charge in [0.05, 0.1) is 6.61 Å². The Morgan fingerprint density at radius 1 is 1.22 bits per heavy atom. The zero-order valence-corrected chi connectivity index (χ0v) is 16.8. The molecule has 0 atom stereocenters. The molecule has 1 fully saturated rings. The summed E-state index contributed by atoms with van der Waals surface area (Å²) in [6, 6.07) is 8.17. The second kappa shape index (κ2) is 13.4. The first kappa shape index (κ1) is 21.5. The molecule has 1 heterocycles. The molecular weight excluding hydrogens is 342 g/mol. The Morgan fingerprint density at radius 3 is 2.85 bits per heavy atom. The van der Waals surface area contributed by atoms with E-state index < -0.39 is 0 Å². The number of aliphatic imine (C=N–C) groups is 1. The topological polar surface area (TPSA) is 64.1 Å². The van der Waals surface area contributed by atoms with Crippen LogP contribution in [0.25, 0.3) is 0 Å². The Hall–Kier alpha value is -1.79. The summed E-state index contributed by atoms with van der Waals surface area (Å²) in [6.45, 7) is 7.80. The molecule has 2 rings (SSSR count). The van der Waals surface area contributed by atoms with Crippen LogP contribution < -0.4 is 15.4 Å². The van der Waals surface area contributed by atoms with E-state index in [9.17, 15) is 0 Å². The Balaban J connectivity index is 1.57. The van der Waals surface area contributed by atoms with Crippen molar-refractivity contribution in [2.75, 3.05) is 46.6 Å². The SMILES string of the molecule is CCCOc1cccc(CNC(=NC)NCCCOCC2CCOCC2)c1. The minimum atomic E-state index is 0.665. The number of nitrogens with one attached hydrogen (secondary N) is 2. The van der Waals surface area contributed by atoms with Crippen molar-refractivity contribution in [3.63, 3.8) is 0 Å². The fraction of sp³-hybridized carbons (Fsp3) is 0.667. The summed E-state index contributed by atoms with van der Waals surface area (Å²) in [5, 5.41) is 6.67. The molecule has 0 unspecified atom stereocenters. The molecule has 1 aromatic rings. The first-order valence-electron chi connectivity index (χ1n) is 10.1. The molecule has 27 heavy (non-hydrogen) atoms. The van der Waals surface area contributed by atoms with Crippen molar-refractivity contribution in [1.82, 2.24) is 10.6 Å². The van der Waals surface area contributed by atoms with E-state index in [0.29, 0.717) is 12.5 Å². The van der Waals surface area contributed by atoms with Gasteiger partial charge in [0.25, 0.3) is 0 Å². The zero-order valence-electron chi connectivity index (χ0n) is 16.8. The van der Waals surface area contributed by atoms with E-state index in [4.69, 9.17) is 14.2 Å². The van der Waals surface area contributed by atoms with Crippen LogP contribution in [0, 0.1) is 5.92 Å². The number of benzene rings is 1. The summed E-state index contributed by atoms with van der Waals surface area (Å²) in [5.41, 5.74) is 1.17. The summed E-state index contributed by atoms with van der Waals surface area (Å²) in [7, 11) is 1.79. The monoisotopic (exact) mass is 377 g/mol. The third kappa shape index (κ3) is 9.11. The van der Waals surface area contributed by atoms with Gasteiger partial charge in [0.15, 0.2) is 5.96 Å². The molecule has 0 bridgehead atoms. The molecule has 1 aliphatic rings. The molecule has 0 spiro atoms. The van der Waals surface area contributed by atoms with E-state index in [1.54, 1.807) is 7.05 Å². The smallest absolute Gasteiger partial charge is 0.191 e. The lowest BCUT2D eigenvalue weighted by atomic mass is 10.0. The van der Waals surface area contributed by atoms with Crippen molar-refractivity contribution in [3.8, 4) is 5.75 Å². The Labute approximate surface area is 163 Å². The lowest BCUT2D eigenvalue weighted by molar-refractivity contribution is 0.0203. The summed E-state index contributed by atoms with van der Waals surface area (Å²) in [4.78, 5) is 4.27. The molecule has 1 saturated heterocycles.